The topological polar surface area (TPSA) is 51.8 Å². The highest BCUT2D eigenvalue weighted by atomic mass is 16.5. The van der Waals surface area contributed by atoms with Crippen molar-refractivity contribution in [2.75, 3.05) is 0 Å². The molecule has 0 unspecified atom stereocenters. The molecule has 0 aliphatic rings. The largest absolute Gasteiger partial charge is 0.339 e. The van der Waals surface area contributed by atoms with Gasteiger partial charge in [-0.1, -0.05) is 52.8 Å². The number of pyridine rings is 1. The highest BCUT2D eigenvalue weighted by Gasteiger charge is 2.05. The summed E-state index contributed by atoms with van der Waals surface area (Å²) in [7, 11) is 0. The van der Waals surface area contributed by atoms with Crippen molar-refractivity contribution in [3.05, 3.63) is 41.8 Å². The molecule has 2 aromatic heterocycles. The molecule has 2 heterocycles. The number of nitrogens with zero attached hydrogens (tertiary/aromatic N) is 3. The lowest BCUT2D eigenvalue weighted by Crippen LogP contribution is -1.88. The Morgan fingerprint density at radius 3 is 1.90 bits per heavy atom. The van der Waals surface area contributed by atoms with Gasteiger partial charge in [0.05, 0.1) is 0 Å². The highest BCUT2D eigenvalue weighted by Crippen LogP contribution is 2.09. The van der Waals surface area contributed by atoms with Crippen molar-refractivity contribution in [2.45, 2.75) is 60.3 Å². The van der Waals surface area contributed by atoms with Crippen LogP contribution in [0.25, 0.3) is 0 Å². The average molecular weight is 277 g/mol. The summed E-state index contributed by atoms with van der Waals surface area (Å²) in [5.41, 5.74) is 1.16. The lowest BCUT2D eigenvalue weighted by Gasteiger charge is -2.00. The third-order valence-electron chi connectivity index (χ3n) is 2.32. The standard InChI is InChI=1S/C8H11N.C6H10N2O.C2H6/c1-7(2)8-5-3-4-6-9-8;1-4(2)6-7-5(3)8-9-6;1-2/h3-7H,1-2H3;4H,1-3H3;1-2H3. The minimum atomic E-state index is 0.339. The first-order valence-corrected chi connectivity index (χ1v) is 7.21. The Morgan fingerprint density at radius 1 is 1.00 bits per heavy atom. The van der Waals surface area contributed by atoms with E-state index in [1.165, 1.54) is 0 Å². The van der Waals surface area contributed by atoms with Crippen LogP contribution in [0, 0.1) is 6.92 Å². The Labute approximate surface area is 122 Å². The predicted molar refractivity (Wildman–Crippen MR) is 82.8 cm³/mol. The summed E-state index contributed by atoms with van der Waals surface area (Å²) >= 11 is 0. The molecule has 0 saturated carbocycles. The molecule has 2 aromatic rings. The van der Waals surface area contributed by atoms with Crippen LogP contribution in [0.5, 0.6) is 0 Å². The van der Waals surface area contributed by atoms with Crippen LogP contribution in [0.15, 0.2) is 28.9 Å². The molecule has 0 atom stereocenters. The average Bonchev–Trinajstić information content (AvgIpc) is 2.90. The molecule has 0 N–H and O–H groups in total. The van der Waals surface area contributed by atoms with Gasteiger partial charge in [-0.25, -0.2) is 0 Å². The lowest BCUT2D eigenvalue weighted by molar-refractivity contribution is 0.362. The summed E-state index contributed by atoms with van der Waals surface area (Å²) in [5, 5.41) is 3.65. The Bertz CT molecular complexity index is 450. The van der Waals surface area contributed by atoms with E-state index in [9.17, 15) is 0 Å². The summed E-state index contributed by atoms with van der Waals surface area (Å²) in [4.78, 5) is 8.21. The maximum absolute atomic E-state index is 4.86. The maximum atomic E-state index is 4.86. The fourth-order valence-corrected chi connectivity index (χ4v) is 1.27. The number of hydrogen-bond donors (Lipinski definition) is 0. The number of aromatic nitrogens is 3. The summed E-state index contributed by atoms with van der Waals surface area (Å²) < 4.78 is 4.86. The normalized spacial score (nSPS) is 9.65. The van der Waals surface area contributed by atoms with Crippen LogP contribution in [-0.4, -0.2) is 15.1 Å². The lowest BCUT2D eigenvalue weighted by atomic mass is 10.1. The van der Waals surface area contributed by atoms with Crippen LogP contribution < -0.4 is 0 Å². The molecular weight excluding hydrogens is 250 g/mol. The second-order valence-electron chi connectivity index (χ2n) is 4.74. The van der Waals surface area contributed by atoms with Gasteiger partial charge in [0.15, 0.2) is 5.82 Å². The fraction of sp³-hybridized carbons (Fsp3) is 0.562. The van der Waals surface area contributed by atoms with E-state index >= 15 is 0 Å². The summed E-state index contributed by atoms with van der Waals surface area (Å²) in [6.45, 7) is 14.1. The zero-order valence-corrected chi connectivity index (χ0v) is 13.7. The molecule has 2 rings (SSSR count). The van der Waals surface area contributed by atoms with Crippen LogP contribution in [0.2, 0.25) is 0 Å². The molecule has 0 aromatic carbocycles. The molecular formula is C16H27N3O. The third-order valence-corrected chi connectivity index (χ3v) is 2.32. The van der Waals surface area contributed by atoms with Crippen molar-refractivity contribution in [2.24, 2.45) is 0 Å². The van der Waals surface area contributed by atoms with Crippen molar-refractivity contribution in [3.63, 3.8) is 0 Å². The van der Waals surface area contributed by atoms with Gasteiger partial charge in [-0.15, -0.1) is 0 Å². The molecule has 0 aliphatic heterocycles. The molecule has 0 fully saturated rings. The molecule has 112 valence electrons. The van der Waals surface area contributed by atoms with Gasteiger partial charge in [-0.05, 0) is 25.0 Å². The Balaban J connectivity index is 0.000000321. The highest BCUT2D eigenvalue weighted by molar-refractivity contribution is 5.06. The number of rotatable bonds is 2. The van der Waals surface area contributed by atoms with Gasteiger partial charge in [-0.3, -0.25) is 4.98 Å². The van der Waals surface area contributed by atoms with E-state index in [1.807, 2.05) is 59.0 Å². The minimum absolute atomic E-state index is 0.339. The molecule has 0 bridgehead atoms. The van der Waals surface area contributed by atoms with E-state index in [1.54, 1.807) is 0 Å². The second kappa shape index (κ2) is 10.1. The van der Waals surface area contributed by atoms with Crippen molar-refractivity contribution >= 4 is 0 Å². The molecule has 0 aliphatic carbocycles. The Kier molecular flexibility index (Phi) is 9.26. The number of aryl methyl sites for hydroxylation is 1. The third kappa shape index (κ3) is 7.02. The zero-order chi connectivity index (χ0) is 15.5. The van der Waals surface area contributed by atoms with Crippen LogP contribution in [0.1, 0.15) is 70.8 Å². The molecule has 0 radical (unpaired) electrons. The van der Waals surface area contributed by atoms with Gasteiger partial charge in [0, 0.05) is 17.8 Å². The fourth-order valence-electron chi connectivity index (χ4n) is 1.27. The summed E-state index contributed by atoms with van der Waals surface area (Å²) in [6, 6.07) is 6.00. The number of hydrogen-bond acceptors (Lipinski definition) is 4. The van der Waals surface area contributed by atoms with Crippen LogP contribution in [0.3, 0.4) is 0 Å². The Hall–Kier alpha value is -1.71. The van der Waals surface area contributed by atoms with E-state index in [2.05, 4.69) is 29.0 Å². The van der Waals surface area contributed by atoms with Crippen molar-refractivity contribution in [3.8, 4) is 0 Å². The van der Waals surface area contributed by atoms with E-state index in [0.29, 0.717) is 23.6 Å². The first-order valence-electron chi connectivity index (χ1n) is 7.21. The van der Waals surface area contributed by atoms with Crippen molar-refractivity contribution < 1.29 is 4.52 Å². The van der Waals surface area contributed by atoms with Crippen LogP contribution in [0.4, 0.5) is 0 Å². The molecule has 4 nitrogen and oxygen atoms in total. The van der Waals surface area contributed by atoms with E-state index < -0.39 is 0 Å². The summed E-state index contributed by atoms with van der Waals surface area (Å²) in [5.74, 6) is 2.31. The van der Waals surface area contributed by atoms with Crippen molar-refractivity contribution in [1.29, 1.82) is 0 Å². The van der Waals surface area contributed by atoms with E-state index in [4.69, 9.17) is 4.52 Å². The Morgan fingerprint density at radius 2 is 1.65 bits per heavy atom. The second-order valence-corrected chi connectivity index (χ2v) is 4.74. The van der Waals surface area contributed by atoms with Gasteiger partial charge in [0.1, 0.15) is 0 Å². The van der Waals surface area contributed by atoms with Crippen LogP contribution in [-0.2, 0) is 0 Å². The maximum Gasteiger partial charge on any atom is 0.229 e. The molecule has 0 spiro atoms. The molecule has 20 heavy (non-hydrogen) atoms. The van der Waals surface area contributed by atoms with Gasteiger partial charge in [0.25, 0.3) is 0 Å². The SMILES string of the molecule is CC.CC(C)c1ccccn1.Cc1noc(C(C)C)n1. The monoisotopic (exact) mass is 277 g/mol. The van der Waals surface area contributed by atoms with Gasteiger partial charge in [-0.2, -0.15) is 4.98 Å². The molecule has 0 saturated heterocycles. The van der Waals surface area contributed by atoms with Gasteiger partial charge < -0.3 is 4.52 Å². The van der Waals surface area contributed by atoms with Crippen molar-refractivity contribution in [1.82, 2.24) is 15.1 Å². The first kappa shape index (κ1) is 18.3. The quantitative estimate of drug-likeness (QED) is 0.796. The van der Waals surface area contributed by atoms with Gasteiger partial charge >= 0.3 is 0 Å². The van der Waals surface area contributed by atoms with Crippen LogP contribution >= 0.6 is 0 Å². The summed E-state index contributed by atoms with van der Waals surface area (Å²) in [6.07, 6.45) is 1.83. The van der Waals surface area contributed by atoms with E-state index in [0.717, 1.165) is 5.69 Å². The molecule has 4 heteroatoms. The zero-order valence-electron chi connectivity index (χ0n) is 13.7. The predicted octanol–water partition coefficient (Wildman–Crippen LogP) is 4.73. The van der Waals surface area contributed by atoms with E-state index in [-0.39, 0.29) is 0 Å². The minimum Gasteiger partial charge on any atom is -0.339 e. The molecule has 0 amide bonds. The first-order chi connectivity index (χ1) is 9.50. The smallest absolute Gasteiger partial charge is 0.229 e. The van der Waals surface area contributed by atoms with Gasteiger partial charge in [0.2, 0.25) is 5.89 Å².